The molecule has 1 saturated carbocycles. The van der Waals surface area contributed by atoms with Gasteiger partial charge in [-0.05, 0) is 25.7 Å². The van der Waals surface area contributed by atoms with Gasteiger partial charge in [0.25, 0.3) is 0 Å². The van der Waals surface area contributed by atoms with Crippen LogP contribution in [0.5, 0.6) is 0 Å². The van der Waals surface area contributed by atoms with E-state index in [1.165, 1.54) is 12.8 Å². The van der Waals surface area contributed by atoms with Crippen LogP contribution in [-0.4, -0.2) is 72.7 Å². The van der Waals surface area contributed by atoms with Crippen molar-refractivity contribution in [1.82, 2.24) is 15.1 Å². The Balaban J connectivity index is 1.47. The Hall–Kier alpha value is -0.650. The minimum Gasteiger partial charge on any atom is -0.374 e. The summed E-state index contributed by atoms with van der Waals surface area (Å²) in [6, 6.07) is 1.50. The van der Waals surface area contributed by atoms with Gasteiger partial charge in [-0.3, -0.25) is 9.69 Å². The van der Waals surface area contributed by atoms with Crippen LogP contribution in [0.3, 0.4) is 0 Å². The van der Waals surface area contributed by atoms with Crippen molar-refractivity contribution in [2.75, 3.05) is 32.8 Å². The average molecular weight is 323 g/mol. The second-order valence-corrected chi connectivity index (χ2v) is 7.72. The second-order valence-electron chi connectivity index (χ2n) is 7.72. The minimum absolute atomic E-state index is 0.294. The summed E-state index contributed by atoms with van der Waals surface area (Å²) in [5.74, 6) is 0.320. The van der Waals surface area contributed by atoms with Crippen LogP contribution >= 0.6 is 0 Å². The number of amides is 1. The summed E-state index contributed by atoms with van der Waals surface area (Å²) in [7, 11) is 0. The van der Waals surface area contributed by atoms with Gasteiger partial charge in [0.05, 0.1) is 25.3 Å². The molecule has 2 aliphatic heterocycles. The van der Waals surface area contributed by atoms with Gasteiger partial charge in [-0.2, -0.15) is 0 Å². The molecule has 2 atom stereocenters. The number of nitrogens with zero attached hydrogens (tertiary/aromatic N) is 2. The van der Waals surface area contributed by atoms with Gasteiger partial charge in [-0.15, -0.1) is 0 Å². The molecule has 3 aliphatic rings. The lowest BCUT2D eigenvalue weighted by Crippen LogP contribution is -2.57. The molecule has 0 aromatic rings. The number of rotatable bonds is 4. The van der Waals surface area contributed by atoms with Crippen molar-refractivity contribution in [2.45, 2.75) is 76.6 Å². The fourth-order valence-corrected chi connectivity index (χ4v) is 4.42. The molecule has 23 heavy (non-hydrogen) atoms. The third-order valence-corrected chi connectivity index (χ3v) is 5.57. The molecular formula is C18H33N3O2. The van der Waals surface area contributed by atoms with Crippen molar-refractivity contribution in [3.05, 3.63) is 0 Å². The quantitative estimate of drug-likeness (QED) is 0.854. The van der Waals surface area contributed by atoms with Gasteiger partial charge in [0.1, 0.15) is 0 Å². The van der Waals surface area contributed by atoms with E-state index in [2.05, 4.69) is 29.0 Å². The summed E-state index contributed by atoms with van der Waals surface area (Å²) in [6.45, 7) is 8.57. The molecule has 2 saturated heterocycles. The Morgan fingerprint density at radius 2 is 1.87 bits per heavy atom. The van der Waals surface area contributed by atoms with Crippen LogP contribution in [0.25, 0.3) is 0 Å². The first-order valence-electron chi connectivity index (χ1n) is 9.53. The molecule has 2 heterocycles. The molecule has 1 aliphatic carbocycles. The number of morpholine rings is 1. The zero-order valence-electron chi connectivity index (χ0n) is 14.8. The monoisotopic (exact) mass is 323 g/mol. The summed E-state index contributed by atoms with van der Waals surface area (Å²) in [5, 5.41) is 3.62. The molecule has 0 aromatic carbocycles. The fourth-order valence-electron chi connectivity index (χ4n) is 4.42. The zero-order valence-corrected chi connectivity index (χ0v) is 14.8. The first-order chi connectivity index (χ1) is 11.1. The van der Waals surface area contributed by atoms with E-state index in [1.54, 1.807) is 0 Å². The van der Waals surface area contributed by atoms with Gasteiger partial charge >= 0.3 is 0 Å². The van der Waals surface area contributed by atoms with E-state index in [0.29, 0.717) is 43.3 Å². The molecule has 5 heteroatoms. The van der Waals surface area contributed by atoms with E-state index < -0.39 is 0 Å². The largest absolute Gasteiger partial charge is 0.374 e. The highest BCUT2D eigenvalue weighted by atomic mass is 16.5. The maximum atomic E-state index is 12.8. The van der Waals surface area contributed by atoms with Crippen molar-refractivity contribution in [3.63, 3.8) is 0 Å². The maximum Gasteiger partial charge on any atom is 0.237 e. The third kappa shape index (κ3) is 4.46. The Bertz CT molecular complexity index is 392. The molecule has 5 nitrogen and oxygen atoms in total. The van der Waals surface area contributed by atoms with Crippen LogP contribution in [0.15, 0.2) is 0 Å². The van der Waals surface area contributed by atoms with Crippen LogP contribution < -0.4 is 5.32 Å². The number of piperidine rings is 1. The SMILES string of the molecule is CC(C)NC1CCN(CC(=O)N2CCO[C@@H]3CCCC[C@H]32)CC1. The first-order valence-corrected chi connectivity index (χ1v) is 9.53. The van der Waals surface area contributed by atoms with Crippen LogP contribution in [0, 0.1) is 0 Å². The van der Waals surface area contributed by atoms with Gasteiger partial charge in [-0.1, -0.05) is 26.7 Å². The Kier molecular flexibility index (Phi) is 5.94. The molecule has 1 amide bonds. The van der Waals surface area contributed by atoms with Crippen LogP contribution in [0.2, 0.25) is 0 Å². The lowest BCUT2D eigenvalue weighted by Gasteiger charge is -2.44. The number of ether oxygens (including phenoxy) is 1. The third-order valence-electron chi connectivity index (χ3n) is 5.57. The zero-order chi connectivity index (χ0) is 16.2. The number of carbonyl (C=O) groups excluding carboxylic acids is 1. The number of carbonyl (C=O) groups is 1. The van der Waals surface area contributed by atoms with Gasteiger partial charge < -0.3 is 15.0 Å². The van der Waals surface area contributed by atoms with E-state index >= 15 is 0 Å². The number of likely N-dealkylation sites (tertiary alicyclic amines) is 1. The van der Waals surface area contributed by atoms with E-state index in [1.807, 2.05) is 0 Å². The van der Waals surface area contributed by atoms with Crippen LogP contribution in [0.1, 0.15) is 52.4 Å². The normalized spacial score (nSPS) is 30.5. The molecule has 0 bridgehead atoms. The topological polar surface area (TPSA) is 44.8 Å². The Labute approximate surface area is 140 Å². The Morgan fingerprint density at radius 3 is 2.61 bits per heavy atom. The Morgan fingerprint density at radius 1 is 1.13 bits per heavy atom. The highest BCUT2D eigenvalue weighted by molar-refractivity contribution is 5.78. The van der Waals surface area contributed by atoms with E-state index in [9.17, 15) is 4.79 Å². The molecule has 1 N–H and O–H groups in total. The van der Waals surface area contributed by atoms with Gasteiger partial charge in [-0.25, -0.2) is 0 Å². The minimum atomic E-state index is 0.294. The second kappa shape index (κ2) is 7.95. The van der Waals surface area contributed by atoms with E-state index in [0.717, 1.165) is 45.3 Å². The predicted octanol–water partition coefficient (Wildman–Crippen LogP) is 1.62. The lowest BCUT2D eigenvalue weighted by molar-refractivity contribution is -0.150. The number of fused-ring (bicyclic) bond motifs is 1. The van der Waals surface area contributed by atoms with Crippen molar-refractivity contribution in [3.8, 4) is 0 Å². The fraction of sp³-hybridized carbons (Fsp3) is 0.944. The average Bonchev–Trinajstić information content (AvgIpc) is 2.55. The van der Waals surface area contributed by atoms with Crippen molar-refractivity contribution >= 4 is 5.91 Å². The molecule has 132 valence electrons. The molecule has 3 fully saturated rings. The predicted molar refractivity (Wildman–Crippen MR) is 91.4 cm³/mol. The maximum absolute atomic E-state index is 12.8. The highest BCUT2D eigenvalue weighted by Crippen LogP contribution is 2.28. The first kappa shape index (κ1) is 17.2. The number of nitrogens with one attached hydrogen (secondary N) is 1. The van der Waals surface area contributed by atoms with Gasteiger partial charge in [0, 0.05) is 31.7 Å². The summed E-state index contributed by atoms with van der Waals surface area (Å²) < 4.78 is 5.89. The van der Waals surface area contributed by atoms with Gasteiger partial charge in [0.2, 0.25) is 5.91 Å². The smallest absolute Gasteiger partial charge is 0.237 e. The van der Waals surface area contributed by atoms with Crippen molar-refractivity contribution in [1.29, 1.82) is 0 Å². The standard InChI is InChI=1S/C18H33N3O2/c1-14(2)19-15-7-9-20(10-8-15)13-18(22)21-11-12-23-17-6-4-3-5-16(17)21/h14-17,19H,3-13H2,1-2H3/t16-,17-/m1/s1. The lowest BCUT2D eigenvalue weighted by atomic mass is 9.90. The van der Waals surface area contributed by atoms with Crippen LogP contribution in [-0.2, 0) is 9.53 Å². The molecule has 0 spiro atoms. The summed E-state index contributed by atoms with van der Waals surface area (Å²) in [4.78, 5) is 17.3. The highest BCUT2D eigenvalue weighted by Gasteiger charge is 2.37. The van der Waals surface area contributed by atoms with E-state index in [4.69, 9.17) is 4.74 Å². The van der Waals surface area contributed by atoms with Crippen molar-refractivity contribution < 1.29 is 9.53 Å². The summed E-state index contributed by atoms with van der Waals surface area (Å²) in [5.41, 5.74) is 0. The molecule has 0 aromatic heterocycles. The molecular weight excluding hydrogens is 290 g/mol. The summed E-state index contributed by atoms with van der Waals surface area (Å²) >= 11 is 0. The van der Waals surface area contributed by atoms with Crippen LogP contribution in [0.4, 0.5) is 0 Å². The number of hydrogen-bond donors (Lipinski definition) is 1. The van der Waals surface area contributed by atoms with E-state index in [-0.39, 0.29) is 0 Å². The number of hydrogen-bond acceptors (Lipinski definition) is 4. The summed E-state index contributed by atoms with van der Waals surface area (Å²) in [6.07, 6.45) is 7.33. The van der Waals surface area contributed by atoms with Gasteiger partial charge in [0.15, 0.2) is 0 Å². The molecule has 3 rings (SSSR count). The van der Waals surface area contributed by atoms with Crippen molar-refractivity contribution in [2.24, 2.45) is 0 Å². The molecule has 0 unspecified atom stereocenters. The molecule has 0 radical (unpaired) electrons.